The van der Waals surface area contributed by atoms with Gasteiger partial charge in [0, 0.05) is 5.69 Å². The van der Waals surface area contributed by atoms with Crippen LogP contribution in [0.1, 0.15) is 39.0 Å². The molecule has 1 aromatic carbocycles. The molecule has 4 aliphatic carbocycles. The Morgan fingerprint density at radius 1 is 0.947 bits per heavy atom. The van der Waals surface area contributed by atoms with Crippen molar-refractivity contribution in [3.8, 4) is 5.75 Å². The second-order valence-corrected chi connectivity index (χ2v) is 7.16. The van der Waals surface area contributed by atoms with Gasteiger partial charge in [0.05, 0.1) is 0 Å². The van der Waals surface area contributed by atoms with E-state index in [1.807, 2.05) is 24.3 Å². The number of nitrogen functional groups attached to an aromatic ring is 1. The molecule has 0 spiro atoms. The molecule has 0 amide bonds. The molecular weight excluding hydrogens is 234 g/mol. The number of ether oxygens (including phenoxy) is 1. The van der Waals surface area contributed by atoms with Gasteiger partial charge in [-0.1, -0.05) is 0 Å². The van der Waals surface area contributed by atoms with Gasteiger partial charge in [-0.05, 0) is 87.0 Å². The molecule has 4 bridgehead atoms. The smallest absolute Gasteiger partial charge is 0.120 e. The summed E-state index contributed by atoms with van der Waals surface area (Å²) in [6.07, 6.45) is 7.04. The van der Waals surface area contributed by atoms with Crippen molar-refractivity contribution in [2.75, 3.05) is 5.73 Å². The van der Waals surface area contributed by atoms with Gasteiger partial charge >= 0.3 is 0 Å². The second kappa shape index (κ2) is 3.91. The monoisotopic (exact) mass is 257 g/mol. The molecule has 0 radical (unpaired) electrons. The van der Waals surface area contributed by atoms with Crippen LogP contribution in [0.3, 0.4) is 0 Å². The van der Waals surface area contributed by atoms with E-state index in [0.29, 0.717) is 0 Å². The third-order valence-electron chi connectivity index (χ3n) is 5.98. The molecule has 5 rings (SSSR count). The summed E-state index contributed by atoms with van der Waals surface area (Å²) < 4.78 is 6.48. The summed E-state index contributed by atoms with van der Waals surface area (Å²) in [5.74, 6) is 4.50. The zero-order chi connectivity index (χ0) is 13.0. The Kier molecular flexibility index (Phi) is 2.39. The van der Waals surface area contributed by atoms with Gasteiger partial charge in [-0.15, -0.1) is 0 Å². The molecule has 19 heavy (non-hydrogen) atoms. The largest absolute Gasteiger partial charge is 0.487 e. The first-order valence-corrected chi connectivity index (χ1v) is 7.68. The second-order valence-electron chi connectivity index (χ2n) is 7.16. The summed E-state index contributed by atoms with van der Waals surface area (Å²) >= 11 is 0. The number of benzene rings is 1. The van der Waals surface area contributed by atoms with Crippen LogP contribution >= 0.6 is 0 Å². The first-order valence-electron chi connectivity index (χ1n) is 7.68. The van der Waals surface area contributed by atoms with Gasteiger partial charge in [0.25, 0.3) is 0 Å². The average Bonchev–Trinajstić information content (AvgIpc) is 2.38. The summed E-state index contributed by atoms with van der Waals surface area (Å²) in [4.78, 5) is 0. The SMILES string of the molecule is CC1(Oc2ccc(N)cc2)C2CC3CC(C2)CC1C3. The van der Waals surface area contributed by atoms with Crippen LogP contribution in [-0.4, -0.2) is 5.60 Å². The summed E-state index contributed by atoms with van der Waals surface area (Å²) in [5.41, 5.74) is 6.62. The maximum absolute atomic E-state index is 6.48. The first kappa shape index (κ1) is 11.6. The fourth-order valence-corrected chi connectivity index (χ4v) is 5.08. The lowest BCUT2D eigenvalue weighted by molar-refractivity contribution is -0.145. The normalized spacial score (nSPS) is 43.4. The highest BCUT2D eigenvalue weighted by Gasteiger charge is 2.56. The number of nitrogens with two attached hydrogens (primary N) is 1. The van der Waals surface area contributed by atoms with Crippen LogP contribution in [0.2, 0.25) is 0 Å². The molecule has 1 aromatic rings. The number of rotatable bonds is 2. The van der Waals surface area contributed by atoms with Crippen LogP contribution in [0, 0.1) is 23.7 Å². The first-order chi connectivity index (χ1) is 9.13. The predicted octanol–water partition coefficient (Wildman–Crippen LogP) is 3.86. The van der Waals surface area contributed by atoms with Crippen molar-refractivity contribution >= 4 is 5.69 Å². The quantitative estimate of drug-likeness (QED) is 0.816. The Hall–Kier alpha value is -1.18. The zero-order valence-electron chi connectivity index (χ0n) is 11.6. The van der Waals surface area contributed by atoms with E-state index in [9.17, 15) is 0 Å². The van der Waals surface area contributed by atoms with Gasteiger partial charge < -0.3 is 10.5 Å². The number of anilines is 1. The number of hydrogen-bond donors (Lipinski definition) is 1. The average molecular weight is 257 g/mol. The molecule has 0 heterocycles. The van der Waals surface area contributed by atoms with Crippen molar-refractivity contribution < 1.29 is 4.74 Å². The molecule has 0 saturated heterocycles. The van der Waals surface area contributed by atoms with E-state index in [1.165, 1.54) is 32.1 Å². The fraction of sp³-hybridized carbons (Fsp3) is 0.647. The Morgan fingerprint density at radius 3 is 2.00 bits per heavy atom. The van der Waals surface area contributed by atoms with Crippen molar-refractivity contribution in [2.24, 2.45) is 23.7 Å². The Labute approximate surface area is 115 Å². The molecule has 102 valence electrons. The lowest BCUT2D eigenvalue weighted by Crippen LogP contribution is -2.59. The maximum Gasteiger partial charge on any atom is 0.120 e. The minimum atomic E-state index is 0.0591. The van der Waals surface area contributed by atoms with Crippen molar-refractivity contribution in [2.45, 2.75) is 44.6 Å². The highest BCUT2D eigenvalue weighted by atomic mass is 16.5. The van der Waals surface area contributed by atoms with Crippen molar-refractivity contribution in [3.63, 3.8) is 0 Å². The summed E-state index contributed by atoms with van der Waals surface area (Å²) in [5, 5.41) is 0. The standard InChI is InChI=1S/C17H23NO/c1-17(19-16-4-2-15(18)3-5-16)13-7-11-6-12(9-13)10-14(17)8-11/h2-5,11-14H,6-10,18H2,1H3. The lowest BCUT2D eigenvalue weighted by atomic mass is 9.50. The van der Waals surface area contributed by atoms with E-state index in [0.717, 1.165) is 35.1 Å². The van der Waals surface area contributed by atoms with Gasteiger partial charge in [0.1, 0.15) is 11.4 Å². The van der Waals surface area contributed by atoms with Gasteiger partial charge in [0.15, 0.2) is 0 Å². The highest BCUT2D eigenvalue weighted by molar-refractivity contribution is 5.41. The topological polar surface area (TPSA) is 35.2 Å². The van der Waals surface area contributed by atoms with Gasteiger partial charge in [-0.3, -0.25) is 0 Å². The third kappa shape index (κ3) is 1.76. The molecule has 2 N–H and O–H groups in total. The van der Waals surface area contributed by atoms with Crippen LogP contribution in [0.25, 0.3) is 0 Å². The van der Waals surface area contributed by atoms with Crippen LogP contribution in [0.4, 0.5) is 5.69 Å². The van der Waals surface area contributed by atoms with Crippen LogP contribution in [0.15, 0.2) is 24.3 Å². The van der Waals surface area contributed by atoms with E-state index >= 15 is 0 Å². The lowest BCUT2D eigenvalue weighted by Gasteiger charge is -2.59. The van der Waals surface area contributed by atoms with Crippen molar-refractivity contribution in [1.29, 1.82) is 0 Å². The molecule has 0 atom stereocenters. The Bertz CT molecular complexity index is 451. The van der Waals surface area contributed by atoms with Crippen LogP contribution in [0.5, 0.6) is 5.75 Å². The Balaban J connectivity index is 1.61. The summed E-state index contributed by atoms with van der Waals surface area (Å²) in [6, 6.07) is 7.92. The molecule has 0 aliphatic heterocycles. The van der Waals surface area contributed by atoms with E-state index in [4.69, 9.17) is 10.5 Å². The molecule has 2 heteroatoms. The van der Waals surface area contributed by atoms with Gasteiger partial charge in [-0.2, -0.15) is 0 Å². The predicted molar refractivity (Wildman–Crippen MR) is 76.9 cm³/mol. The number of hydrogen-bond acceptors (Lipinski definition) is 2. The van der Waals surface area contributed by atoms with E-state index < -0.39 is 0 Å². The molecule has 4 saturated carbocycles. The van der Waals surface area contributed by atoms with Gasteiger partial charge in [0.2, 0.25) is 0 Å². The van der Waals surface area contributed by atoms with Crippen molar-refractivity contribution in [1.82, 2.24) is 0 Å². The molecular formula is C17H23NO. The van der Waals surface area contributed by atoms with Gasteiger partial charge in [-0.25, -0.2) is 0 Å². The maximum atomic E-state index is 6.48. The third-order valence-corrected chi connectivity index (χ3v) is 5.98. The highest BCUT2D eigenvalue weighted by Crippen LogP contribution is 2.59. The molecule has 2 nitrogen and oxygen atoms in total. The van der Waals surface area contributed by atoms with E-state index in [-0.39, 0.29) is 5.60 Å². The molecule has 0 aromatic heterocycles. The van der Waals surface area contributed by atoms with E-state index in [1.54, 1.807) is 0 Å². The van der Waals surface area contributed by atoms with Crippen LogP contribution in [-0.2, 0) is 0 Å². The molecule has 4 fully saturated rings. The summed E-state index contributed by atoms with van der Waals surface area (Å²) in [6.45, 7) is 2.36. The minimum Gasteiger partial charge on any atom is -0.487 e. The molecule has 4 aliphatic rings. The minimum absolute atomic E-state index is 0.0591. The van der Waals surface area contributed by atoms with Crippen LogP contribution < -0.4 is 10.5 Å². The van der Waals surface area contributed by atoms with Crippen molar-refractivity contribution in [3.05, 3.63) is 24.3 Å². The van der Waals surface area contributed by atoms with E-state index in [2.05, 4.69) is 6.92 Å². The molecule has 0 unspecified atom stereocenters. The summed E-state index contributed by atoms with van der Waals surface area (Å²) in [7, 11) is 0. The zero-order valence-corrected chi connectivity index (χ0v) is 11.6. The fourth-order valence-electron chi connectivity index (χ4n) is 5.08. The Morgan fingerprint density at radius 2 is 1.47 bits per heavy atom.